The van der Waals surface area contributed by atoms with Crippen molar-refractivity contribution in [3.05, 3.63) is 83.9 Å². The topological polar surface area (TPSA) is 80.6 Å². The molecule has 0 aliphatic rings. The lowest BCUT2D eigenvalue weighted by molar-refractivity contribution is 0.104. The van der Waals surface area contributed by atoms with E-state index in [0.29, 0.717) is 28.8 Å². The maximum Gasteiger partial charge on any atom is 0.229 e. The van der Waals surface area contributed by atoms with Gasteiger partial charge >= 0.3 is 0 Å². The summed E-state index contributed by atoms with van der Waals surface area (Å²) >= 11 is 0. The van der Waals surface area contributed by atoms with E-state index >= 15 is 0 Å². The van der Waals surface area contributed by atoms with E-state index in [9.17, 15) is 13.2 Å². The first-order valence-corrected chi connectivity index (χ1v) is 16.8. The van der Waals surface area contributed by atoms with E-state index in [1.807, 2.05) is 60.1 Å². The molecule has 0 saturated carbocycles. The number of nitrogens with zero attached hydrogens (tertiary/aromatic N) is 2. The highest BCUT2D eigenvalue weighted by Crippen LogP contribution is 2.36. The van der Waals surface area contributed by atoms with Crippen LogP contribution in [-0.2, 0) is 17.1 Å². The number of aryl methyl sites for hydroxylation is 1. The molecule has 0 atom stereocenters. The number of ether oxygens (including phenoxy) is 1. The lowest BCUT2D eigenvalue weighted by Crippen LogP contribution is -2.28. The number of aromatic nitrogens is 1. The van der Waals surface area contributed by atoms with Gasteiger partial charge in [0.05, 0.1) is 24.1 Å². The normalized spacial score (nSPS) is 11.7. The van der Waals surface area contributed by atoms with Crippen molar-refractivity contribution >= 4 is 32.4 Å². The average molecular weight is 590 g/mol. The molecule has 4 rings (SSSR count). The van der Waals surface area contributed by atoms with E-state index in [2.05, 4.69) is 23.5 Å². The number of sulfonamides is 1. The SMILES string of the molecule is CCCCN(CCCC)CCCOc1ccc(C(=O)c2c(-c3ccccc3)n(C)c3ccc(NS(C)(=O)=O)cc23)cc1. The van der Waals surface area contributed by atoms with Crippen LogP contribution in [0.3, 0.4) is 0 Å². The van der Waals surface area contributed by atoms with Gasteiger partial charge in [-0.05, 0) is 80.4 Å². The molecule has 0 fully saturated rings. The minimum absolute atomic E-state index is 0.134. The average Bonchev–Trinajstić information content (AvgIpc) is 3.27. The lowest BCUT2D eigenvalue weighted by Gasteiger charge is -2.21. The molecule has 0 radical (unpaired) electrons. The van der Waals surface area contributed by atoms with Crippen LogP contribution in [0.4, 0.5) is 5.69 Å². The van der Waals surface area contributed by atoms with Crippen LogP contribution in [0.25, 0.3) is 22.2 Å². The summed E-state index contributed by atoms with van der Waals surface area (Å²) in [6, 6.07) is 22.4. The Kier molecular flexibility index (Phi) is 10.8. The second kappa shape index (κ2) is 14.5. The zero-order chi connectivity index (χ0) is 30.1. The highest BCUT2D eigenvalue weighted by molar-refractivity contribution is 7.92. The first-order chi connectivity index (χ1) is 20.2. The van der Waals surface area contributed by atoms with Crippen LogP contribution in [0.2, 0.25) is 0 Å². The van der Waals surface area contributed by atoms with E-state index < -0.39 is 10.0 Å². The van der Waals surface area contributed by atoms with Gasteiger partial charge in [0.1, 0.15) is 5.75 Å². The maximum atomic E-state index is 14.1. The quantitative estimate of drug-likeness (QED) is 0.111. The lowest BCUT2D eigenvalue weighted by atomic mass is 9.97. The van der Waals surface area contributed by atoms with Crippen LogP contribution in [0.1, 0.15) is 61.9 Å². The Morgan fingerprint density at radius 2 is 1.52 bits per heavy atom. The number of unbranched alkanes of at least 4 members (excludes halogenated alkanes) is 2. The van der Waals surface area contributed by atoms with Crippen LogP contribution >= 0.6 is 0 Å². The van der Waals surface area contributed by atoms with Gasteiger partial charge in [0.15, 0.2) is 5.78 Å². The number of fused-ring (bicyclic) bond motifs is 1. The van der Waals surface area contributed by atoms with E-state index in [1.165, 1.54) is 25.7 Å². The second-order valence-corrected chi connectivity index (χ2v) is 12.6. The third-order valence-electron chi connectivity index (χ3n) is 7.44. The Morgan fingerprint density at radius 3 is 2.14 bits per heavy atom. The molecule has 0 amide bonds. The zero-order valence-corrected chi connectivity index (χ0v) is 26.0. The third kappa shape index (κ3) is 8.01. The smallest absolute Gasteiger partial charge is 0.229 e. The first-order valence-electron chi connectivity index (χ1n) is 14.9. The monoisotopic (exact) mass is 589 g/mol. The van der Waals surface area contributed by atoms with Crippen molar-refractivity contribution in [3.8, 4) is 17.0 Å². The number of hydrogen-bond acceptors (Lipinski definition) is 5. The van der Waals surface area contributed by atoms with Crippen molar-refractivity contribution in [1.29, 1.82) is 0 Å². The molecular weight excluding hydrogens is 546 g/mol. The van der Waals surface area contributed by atoms with E-state index in [1.54, 1.807) is 24.3 Å². The molecular formula is C34H43N3O4S. The summed E-state index contributed by atoms with van der Waals surface area (Å²) in [6.45, 7) is 8.38. The Bertz CT molecular complexity index is 1570. The van der Waals surface area contributed by atoms with Gasteiger partial charge in [0, 0.05) is 35.7 Å². The summed E-state index contributed by atoms with van der Waals surface area (Å²) < 4.78 is 34.4. The van der Waals surface area contributed by atoms with Crippen molar-refractivity contribution in [1.82, 2.24) is 9.47 Å². The maximum absolute atomic E-state index is 14.1. The molecule has 0 saturated heterocycles. The van der Waals surface area contributed by atoms with Gasteiger partial charge in [-0.3, -0.25) is 9.52 Å². The predicted molar refractivity (Wildman–Crippen MR) is 173 cm³/mol. The van der Waals surface area contributed by atoms with Gasteiger partial charge in [0.25, 0.3) is 0 Å². The van der Waals surface area contributed by atoms with Gasteiger partial charge in [-0.15, -0.1) is 0 Å². The molecule has 0 aliphatic heterocycles. The van der Waals surface area contributed by atoms with E-state index in [4.69, 9.17) is 4.74 Å². The molecule has 0 aliphatic carbocycles. The highest BCUT2D eigenvalue weighted by Gasteiger charge is 2.24. The summed E-state index contributed by atoms with van der Waals surface area (Å²) in [7, 11) is -1.55. The van der Waals surface area contributed by atoms with Crippen molar-refractivity contribution in [2.24, 2.45) is 7.05 Å². The van der Waals surface area contributed by atoms with Crippen molar-refractivity contribution < 1.29 is 17.9 Å². The van der Waals surface area contributed by atoms with Crippen LogP contribution in [0, 0.1) is 0 Å². The van der Waals surface area contributed by atoms with Crippen molar-refractivity contribution in [2.75, 3.05) is 37.2 Å². The Morgan fingerprint density at radius 1 is 0.881 bits per heavy atom. The van der Waals surface area contributed by atoms with Crippen LogP contribution in [-0.4, -0.2) is 56.2 Å². The number of nitrogens with one attached hydrogen (secondary N) is 1. The van der Waals surface area contributed by atoms with Crippen LogP contribution in [0.5, 0.6) is 5.75 Å². The molecule has 0 unspecified atom stereocenters. The molecule has 1 N–H and O–H groups in total. The highest BCUT2D eigenvalue weighted by atomic mass is 32.2. The van der Waals surface area contributed by atoms with Crippen molar-refractivity contribution in [3.63, 3.8) is 0 Å². The first kappa shape index (κ1) is 31.3. The molecule has 1 heterocycles. The van der Waals surface area contributed by atoms with Gasteiger partial charge in [0.2, 0.25) is 10.0 Å². The minimum Gasteiger partial charge on any atom is -0.494 e. The number of carbonyl (C=O) groups is 1. The summed E-state index contributed by atoms with van der Waals surface area (Å²) in [5, 5.41) is 0.686. The summed E-state index contributed by atoms with van der Waals surface area (Å²) in [5.74, 6) is 0.603. The second-order valence-electron chi connectivity index (χ2n) is 10.9. The standard InChI is InChI=1S/C34H43N3O4S/c1-5-7-21-37(22-8-6-2)23-12-24-41-29-18-15-27(16-19-29)34(38)32-30-25-28(35-42(4,39)40)17-20-31(30)36(3)33(32)26-13-10-9-11-14-26/h9-11,13-20,25,35H,5-8,12,21-24H2,1-4H3. The Labute approximate surface area is 250 Å². The van der Waals surface area contributed by atoms with Crippen molar-refractivity contribution in [2.45, 2.75) is 46.0 Å². The number of benzene rings is 3. The van der Waals surface area contributed by atoms with E-state index in [-0.39, 0.29) is 5.78 Å². The molecule has 224 valence electrons. The Balaban J connectivity index is 1.56. The number of anilines is 1. The number of carbonyl (C=O) groups excluding carboxylic acids is 1. The summed E-state index contributed by atoms with van der Waals surface area (Å²) in [6.07, 6.45) is 6.91. The van der Waals surface area contributed by atoms with Crippen LogP contribution in [0.15, 0.2) is 72.8 Å². The van der Waals surface area contributed by atoms with Gasteiger partial charge in [-0.1, -0.05) is 57.0 Å². The van der Waals surface area contributed by atoms with Gasteiger partial charge in [-0.25, -0.2) is 8.42 Å². The number of rotatable bonds is 16. The van der Waals surface area contributed by atoms with E-state index in [0.717, 1.165) is 54.8 Å². The summed E-state index contributed by atoms with van der Waals surface area (Å²) in [4.78, 5) is 16.6. The zero-order valence-electron chi connectivity index (χ0n) is 25.2. The molecule has 4 aromatic rings. The minimum atomic E-state index is -3.47. The van der Waals surface area contributed by atoms with Gasteiger partial charge < -0.3 is 14.2 Å². The molecule has 7 nitrogen and oxygen atoms in total. The molecule has 3 aromatic carbocycles. The third-order valence-corrected chi connectivity index (χ3v) is 8.04. The molecule has 0 spiro atoms. The molecule has 42 heavy (non-hydrogen) atoms. The van der Waals surface area contributed by atoms with Crippen LogP contribution < -0.4 is 9.46 Å². The fourth-order valence-corrected chi connectivity index (χ4v) is 5.86. The Hall–Kier alpha value is -3.62. The molecule has 0 bridgehead atoms. The molecule has 1 aromatic heterocycles. The number of ketones is 1. The molecule has 8 heteroatoms. The predicted octanol–water partition coefficient (Wildman–Crippen LogP) is 7.12. The fraction of sp³-hybridized carbons (Fsp3) is 0.382. The number of hydrogen-bond donors (Lipinski definition) is 1. The van der Waals surface area contributed by atoms with Gasteiger partial charge in [-0.2, -0.15) is 0 Å². The fourth-order valence-electron chi connectivity index (χ4n) is 5.31. The summed E-state index contributed by atoms with van der Waals surface area (Å²) in [5.41, 5.74) is 4.01. The largest absolute Gasteiger partial charge is 0.494 e.